The highest BCUT2D eigenvalue weighted by atomic mass is 16.5. The van der Waals surface area contributed by atoms with Crippen molar-refractivity contribution in [1.29, 1.82) is 0 Å². The Bertz CT molecular complexity index is 98.0. The predicted octanol–water partition coefficient (Wildman–Crippen LogP) is 2.19. The molecule has 1 aliphatic carbocycles. The van der Waals surface area contributed by atoms with Crippen LogP contribution in [0.1, 0.15) is 32.1 Å². The summed E-state index contributed by atoms with van der Waals surface area (Å²) in [4.78, 5) is 0. The molecule has 1 rings (SSSR count). The SMILES string of the molecule is [CH2]COCCOC1CCCCC1. The predicted molar refractivity (Wildman–Crippen MR) is 49.0 cm³/mol. The molecular weight excluding hydrogens is 152 g/mol. The molecule has 2 heteroatoms. The zero-order chi connectivity index (χ0) is 8.65. The zero-order valence-electron chi connectivity index (χ0n) is 7.76. The Kier molecular flexibility index (Phi) is 5.37. The highest BCUT2D eigenvalue weighted by Crippen LogP contribution is 2.19. The second kappa shape index (κ2) is 6.44. The first-order chi connectivity index (χ1) is 5.93. The first-order valence-electron chi connectivity index (χ1n) is 4.92. The average Bonchev–Trinajstić information content (AvgIpc) is 2.14. The summed E-state index contributed by atoms with van der Waals surface area (Å²) in [5, 5.41) is 0. The van der Waals surface area contributed by atoms with Gasteiger partial charge in [-0.2, -0.15) is 0 Å². The number of hydrogen-bond acceptors (Lipinski definition) is 2. The molecule has 0 spiro atoms. The summed E-state index contributed by atoms with van der Waals surface area (Å²) in [6.07, 6.45) is 7.04. The quantitative estimate of drug-likeness (QED) is 0.590. The summed E-state index contributed by atoms with van der Waals surface area (Å²) in [7, 11) is 0. The second-order valence-corrected chi connectivity index (χ2v) is 3.24. The van der Waals surface area contributed by atoms with Gasteiger partial charge in [0, 0.05) is 6.61 Å². The molecule has 1 fully saturated rings. The zero-order valence-corrected chi connectivity index (χ0v) is 7.76. The van der Waals surface area contributed by atoms with Crippen LogP contribution in [0.25, 0.3) is 0 Å². The van der Waals surface area contributed by atoms with Crippen LogP contribution in [0.15, 0.2) is 0 Å². The fourth-order valence-corrected chi connectivity index (χ4v) is 1.61. The molecule has 0 saturated heterocycles. The Morgan fingerprint density at radius 2 is 1.83 bits per heavy atom. The monoisotopic (exact) mass is 171 g/mol. The fourth-order valence-electron chi connectivity index (χ4n) is 1.61. The van der Waals surface area contributed by atoms with Gasteiger partial charge in [0.25, 0.3) is 0 Å². The van der Waals surface area contributed by atoms with E-state index in [2.05, 4.69) is 6.92 Å². The highest BCUT2D eigenvalue weighted by Gasteiger charge is 2.12. The highest BCUT2D eigenvalue weighted by molar-refractivity contribution is 4.64. The van der Waals surface area contributed by atoms with Gasteiger partial charge in [-0.15, -0.1) is 0 Å². The maximum atomic E-state index is 5.63. The van der Waals surface area contributed by atoms with E-state index in [1.807, 2.05) is 0 Å². The molecule has 0 heterocycles. The van der Waals surface area contributed by atoms with E-state index in [0.717, 1.165) is 6.61 Å². The van der Waals surface area contributed by atoms with Gasteiger partial charge in [-0.25, -0.2) is 0 Å². The molecule has 0 unspecified atom stereocenters. The molecule has 0 N–H and O–H groups in total. The van der Waals surface area contributed by atoms with Gasteiger partial charge in [0.1, 0.15) is 0 Å². The molecule has 12 heavy (non-hydrogen) atoms. The van der Waals surface area contributed by atoms with Crippen molar-refractivity contribution >= 4 is 0 Å². The molecule has 0 aromatic rings. The molecule has 1 radical (unpaired) electrons. The van der Waals surface area contributed by atoms with Crippen molar-refractivity contribution in [2.75, 3.05) is 19.8 Å². The van der Waals surface area contributed by atoms with Gasteiger partial charge in [0.2, 0.25) is 0 Å². The molecule has 2 nitrogen and oxygen atoms in total. The Morgan fingerprint density at radius 1 is 1.08 bits per heavy atom. The number of ether oxygens (including phenoxy) is 2. The minimum atomic E-state index is 0.507. The van der Waals surface area contributed by atoms with Crippen LogP contribution in [0.4, 0.5) is 0 Å². The van der Waals surface area contributed by atoms with Gasteiger partial charge in [-0.1, -0.05) is 19.3 Å². The summed E-state index contributed by atoms with van der Waals surface area (Å²) < 4.78 is 10.7. The maximum Gasteiger partial charge on any atom is 0.0704 e. The van der Waals surface area contributed by atoms with Crippen molar-refractivity contribution < 1.29 is 9.47 Å². The van der Waals surface area contributed by atoms with E-state index in [-0.39, 0.29) is 0 Å². The lowest BCUT2D eigenvalue weighted by atomic mass is 9.98. The van der Waals surface area contributed by atoms with Crippen LogP contribution in [-0.2, 0) is 9.47 Å². The van der Waals surface area contributed by atoms with E-state index in [1.165, 1.54) is 32.1 Å². The van der Waals surface area contributed by atoms with Crippen molar-refractivity contribution in [3.63, 3.8) is 0 Å². The van der Waals surface area contributed by atoms with Crippen LogP contribution >= 0.6 is 0 Å². The molecule has 0 bridgehead atoms. The maximum absolute atomic E-state index is 5.63. The minimum absolute atomic E-state index is 0.507. The van der Waals surface area contributed by atoms with Gasteiger partial charge in [-0.3, -0.25) is 0 Å². The topological polar surface area (TPSA) is 18.5 Å². The average molecular weight is 171 g/mol. The van der Waals surface area contributed by atoms with Crippen molar-refractivity contribution in [1.82, 2.24) is 0 Å². The minimum Gasteiger partial charge on any atom is -0.379 e. The first-order valence-corrected chi connectivity index (χ1v) is 4.92. The summed E-state index contributed by atoms with van der Waals surface area (Å²) in [6, 6.07) is 0. The third-order valence-corrected chi connectivity index (χ3v) is 2.28. The van der Waals surface area contributed by atoms with Crippen molar-refractivity contribution in [2.45, 2.75) is 38.2 Å². The summed E-state index contributed by atoms with van der Waals surface area (Å²) in [5.74, 6) is 0. The van der Waals surface area contributed by atoms with Crippen molar-refractivity contribution in [2.24, 2.45) is 0 Å². The molecule has 0 aliphatic heterocycles. The van der Waals surface area contributed by atoms with Gasteiger partial charge in [0.15, 0.2) is 0 Å². The van der Waals surface area contributed by atoms with Crippen LogP contribution in [0.2, 0.25) is 0 Å². The van der Waals surface area contributed by atoms with E-state index in [0.29, 0.717) is 19.3 Å². The molecule has 0 aromatic carbocycles. The van der Waals surface area contributed by atoms with E-state index in [4.69, 9.17) is 9.47 Å². The molecule has 1 saturated carbocycles. The lowest BCUT2D eigenvalue weighted by Gasteiger charge is -2.21. The van der Waals surface area contributed by atoms with Crippen LogP contribution in [0, 0.1) is 6.92 Å². The number of rotatable bonds is 5. The Balaban J connectivity index is 1.91. The lowest BCUT2D eigenvalue weighted by molar-refractivity contribution is -0.00569. The van der Waals surface area contributed by atoms with E-state index in [9.17, 15) is 0 Å². The van der Waals surface area contributed by atoms with Crippen LogP contribution in [0.5, 0.6) is 0 Å². The summed E-state index contributed by atoms with van der Waals surface area (Å²) >= 11 is 0. The molecular formula is C10H19O2. The second-order valence-electron chi connectivity index (χ2n) is 3.24. The van der Waals surface area contributed by atoms with E-state index in [1.54, 1.807) is 0 Å². The molecule has 0 amide bonds. The molecule has 71 valence electrons. The smallest absolute Gasteiger partial charge is 0.0704 e. The van der Waals surface area contributed by atoms with Gasteiger partial charge < -0.3 is 9.47 Å². The summed E-state index contributed by atoms with van der Waals surface area (Å²) in [5.41, 5.74) is 0. The standard InChI is InChI=1S/C10H19O2/c1-2-11-8-9-12-10-6-4-3-5-7-10/h10H,1-9H2. The molecule has 0 atom stereocenters. The van der Waals surface area contributed by atoms with Crippen molar-refractivity contribution in [3.8, 4) is 0 Å². The third kappa shape index (κ3) is 4.07. The van der Waals surface area contributed by atoms with Crippen molar-refractivity contribution in [3.05, 3.63) is 6.92 Å². The van der Waals surface area contributed by atoms with Gasteiger partial charge in [0.05, 0.1) is 19.3 Å². The van der Waals surface area contributed by atoms with Gasteiger partial charge >= 0.3 is 0 Å². The largest absolute Gasteiger partial charge is 0.379 e. The Labute approximate surface area is 75.2 Å². The van der Waals surface area contributed by atoms with Gasteiger partial charge in [-0.05, 0) is 19.8 Å². The van der Waals surface area contributed by atoms with Crippen LogP contribution < -0.4 is 0 Å². The summed E-state index contributed by atoms with van der Waals surface area (Å²) in [6.45, 7) is 5.57. The first kappa shape index (κ1) is 10.0. The fraction of sp³-hybridized carbons (Fsp3) is 0.900. The Morgan fingerprint density at radius 3 is 2.50 bits per heavy atom. The molecule has 0 aromatic heterocycles. The number of hydrogen-bond donors (Lipinski definition) is 0. The van der Waals surface area contributed by atoms with E-state index >= 15 is 0 Å². The third-order valence-electron chi connectivity index (χ3n) is 2.28. The Hall–Kier alpha value is -0.0800. The molecule has 1 aliphatic rings. The van der Waals surface area contributed by atoms with E-state index < -0.39 is 0 Å². The lowest BCUT2D eigenvalue weighted by Crippen LogP contribution is -2.19. The van der Waals surface area contributed by atoms with Crippen LogP contribution in [-0.4, -0.2) is 25.9 Å². The normalized spacial score (nSPS) is 19.8. The van der Waals surface area contributed by atoms with Crippen LogP contribution in [0.3, 0.4) is 0 Å².